The Hall–Kier alpha value is -1.77. The quantitative estimate of drug-likeness (QED) is 0.267. The number of guanidine groups is 1. The molecule has 3 rings (SSSR count). The normalized spacial score (nSPS) is 17.4. The first kappa shape index (κ1) is 22.5. The molecule has 1 aromatic carbocycles. The minimum atomic E-state index is -0.206. The van der Waals surface area contributed by atoms with Crippen molar-refractivity contribution in [2.75, 3.05) is 26.2 Å². The molecule has 0 spiro atoms. The van der Waals surface area contributed by atoms with Gasteiger partial charge in [0.25, 0.3) is 0 Å². The Balaban J connectivity index is 0.00000280. The van der Waals surface area contributed by atoms with Crippen LogP contribution in [0.15, 0.2) is 41.5 Å². The number of aromatic nitrogens is 1. The first-order valence-corrected chi connectivity index (χ1v) is 10.0. The summed E-state index contributed by atoms with van der Waals surface area (Å²) in [4.78, 5) is 18.4. The number of benzene rings is 1. The molecule has 0 bridgehead atoms. The molecule has 2 aromatic rings. The molecule has 0 aliphatic carbocycles. The largest absolute Gasteiger partial charge is 0.370 e. The molecule has 28 heavy (non-hydrogen) atoms. The van der Waals surface area contributed by atoms with E-state index in [0.29, 0.717) is 12.3 Å². The molecule has 1 aromatic heterocycles. The average molecular weight is 497 g/mol. The third-order valence-corrected chi connectivity index (χ3v) is 5.14. The van der Waals surface area contributed by atoms with Gasteiger partial charge in [-0.15, -0.1) is 24.0 Å². The van der Waals surface area contributed by atoms with Crippen molar-refractivity contribution in [3.8, 4) is 0 Å². The Morgan fingerprint density at radius 2 is 2.14 bits per heavy atom. The number of nitrogens with two attached hydrogens (primary N) is 1. The van der Waals surface area contributed by atoms with Crippen LogP contribution in [0, 0.1) is 5.92 Å². The summed E-state index contributed by atoms with van der Waals surface area (Å²) in [5.41, 5.74) is 6.66. The third-order valence-electron chi connectivity index (χ3n) is 5.14. The summed E-state index contributed by atoms with van der Waals surface area (Å²) in [6.45, 7) is 6.53. The Morgan fingerprint density at radius 3 is 2.93 bits per heavy atom. The fourth-order valence-electron chi connectivity index (χ4n) is 3.90. The molecule has 6 nitrogen and oxygen atoms in total. The van der Waals surface area contributed by atoms with E-state index in [-0.39, 0.29) is 29.9 Å². The Kier molecular flexibility index (Phi) is 9.08. The predicted molar refractivity (Wildman–Crippen MR) is 126 cm³/mol. The van der Waals surface area contributed by atoms with E-state index in [1.54, 1.807) is 0 Å². The van der Waals surface area contributed by atoms with E-state index in [9.17, 15) is 4.79 Å². The molecule has 0 saturated carbocycles. The van der Waals surface area contributed by atoms with Gasteiger partial charge < -0.3 is 20.5 Å². The topological polar surface area (TPSA) is 75.7 Å². The van der Waals surface area contributed by atoms with Gasteiger partial charge in [0.05, 0.1) is 0 Å². The summed E-state index contributed by atoms with van der Waals surface area (Å²) in [6, 6.07) is 10.6. The number of aliphatic imine (C=N–C) groups is 1. The number of hydrogen-bond donors (Lipinski definition) is 2. The highest BCUT2D eigenvalue weighted by molar-refractivity contribution is 14.0. The minimum Gasteiger partial charge on any atom is -0.370 e. The van der Waals surface area contributed by atoms with Crippen molar-refractivity contribution >= 4 is 46.7 Å². The van der Waals surface area contributed by atoms with Crippen LogP contribution in [0.3, 0.4) is 0 Å². The van der Waals surface area contributed by atoms with E-state index in [1.165, 1.54) is 10.9 Å². The molecule has 3 N–H and O–H groups in total. The fourth-order valence-corrected chi connectivity index (χ4v) is 3.90. The van der Waals surface area contributed by atoms with E-state index in [2.05, 4.69) is 58.2 Å². The zero-order valence-electron chi connectivity index (χ0n) is 16.6. The molecule has 1 saturated heterocycles. The molecule has 1 fully saturated rings. The maximum atomic E-state index is 11.2. The van der Waals surface area contributed by atoms with Crippen LogP contribution in [-0.4, -0.2) is 47.5 Å². The van der Waals surface area contributed by atoms with Gasteiger partial charge >= 0.3 is 0 Å². The molecular formula is C21H32IN5O. The van der Waals surface area contributed by atoms with Crippen molar-refractivity contribution in [1.29, 1.82) is 0 Å². The standard InChI is InChI=1S/C21H31N5O.HI/c1-2-23-21(26-12-5-7-17(16-26)15-20(22)27)24-11-6-13-25-14-10-18-8-3-4-9-19(18)25;/h3-4,8-10,14,17H,2,5-7,11-13,15-16H2,1H3,(H2,22,27)(H,23,24);1H. The molecule has 7 heteroatoms. The maximum absolute atomic E-state index is 11.2. The van der Waals surface area contributed by atoms with Gasteiger partial charge in [-0.3, -0.25) is 9.79 Å². The highest BCUT2D eigenvalue weighted by Gasteiger charge is 2.23. The number of rotatable bonds is 7. The van der Waals surface area contributed by atoms with E-state index < -0.39 is 0 Å². The fraction of sp³-hybridized carbons (Fsp3) is 0.524. The minimum absolute atomic E-state index is 0. The third kappa shape index (κ3) is 6.12. The number of likely N-dealkylation sites (tertiary alicyclic amines) is 1. The molecule has 1 unspecified atom stereocenters. The number of primary amides is 1. The number of carbonyl (C=O) groups is 1. The summed E-state index contributed by atoms with van der Waals surface area (Å²) in [6.07, 6.45) is 5.76. The number of piperidine rings is 1. The molecule has 1 aliphatic heterocycles. The molecule has 2 heterocycles. The summed E-state index contributed by atoms with van der Waals surface area (Å²) in [5.74, 6) is 1.10. The molecule has 1 atom stereocenters. The molecule has 0 radical (unpaired) electrons. The Labute approximate surface area is 184 Å². The van der Waals surface area contributed by atoms with Gasteiger partial charge in [-0.2, -0.15) is 0 Å². The highest BCUT2D eigenvalue weighted by atomic mass is 127. The lowest BCUT2D eigenvalue weighted by molar-refractivity contribution is -0.119. The van der Waals surface area contributed by atoms with Gasteiger partial charge in [-0.1, -0.05) is 18.2 Å². The van der Waals surface area contributed by atoms with E-state index >= 15 is 0 Å². The number of aryl methyl sites for hydroxylation is 1. The van der Waals surface area contributed by atoms with Crippen molar-refractivity contribution < 1.29 is 4.79 Å². The number of hydrogen-bond acceptors (Lipinski definition) is 2. The number of halogens is 1. The van der Waals surface area contributed by atoms with Crippen molar-refractivity contribution in [2.45, 2.75) is 39.2 Å². The second-order valence-electron chi connectivity index (χ2n) is 7.28. The van der Waals surface area contributed by atoms with E-state index in [0.717, 1.165) is 57.9 Å². The number of fused-ring (bicyclic) bond motifs is 1. The second-order valence-corrected chi connectivity index (χ2v) is 7.28. The van der Waals surface area contributed by atoms with Gasteiger partial charge in [-0.25, -0.2) is 0 Å². The SMILES string of the molecule is CCNC(=NCCCn1ccc2ccccc21)N1CCCC(CC(N)=O)C1.I. The van der Waals surface area contributed by atoms with Crippen molar-refractivity contribution in [3.63, 3.8) is 0 Å². The van der Waals surface area contributed by atoms with Crippen LogP contribution in [-0.2, 0) is 11.3 Å². The van der Waals surface area contributed by atoms with Gasteiger partial charge in [-0.05, 0) is 49.6 Å². The molecule has 1 amide bonds. The monoisotopic (exact) mass is 497 g/mol. The average Bonchev–Trinajstić information content (AvgIpc) is 3.07. The maximum Gasteiger partial charge on any atom is 0.217 e. The van der Waals surface area contributed by atoms with Crippen molar-refractivity contribution in [2.24, 2.45) is 16.6 Å². The Morgan fingerprint density at radius 1 is 1.32 bits per heavy atom. The van der Waals surface area contributed by atoms with Gasteiger partial charge in [0, 0.05) is 50.9 Å². The molecular weight excluding hydrogens is 465 g/mol. The van der Waals surface area contributed by atoms with Crippen LogP contribution in [0.1, 0.15) is 32.6 Å². The van der Waals surface area contributed by atoms with E-state index in [4.69, 9.17) is 10.7 Å². The van der Waals surface area contributed by atoms with Crippen LogP contribution < -0.4 is 11.1 Å². The van der Waals surface area contributed by atoms with Gasteiger partial charge in [0.15, 0.2) is 5.96 Å². The summed E-state index contributed by atoms with van der Waals surface area (Å²) in [7, 11) is 0. The summed E-state index contributed by atoms with van der Waals surface area (Å²) < 4.78 is 2.29. The molecule has 154 valence electrons. The number of amides is 1. The van der Waals surface area contributed by atoms with Gasteiger partial charge in [0.1, 0.15) is 0 Å². The lowest BCUT2D eigenvalue weighted by Crippen LogP contribution is -2.47. The summed E-state index contributed by atoms with van der Waals surface area (Å²) in [5, 5.41) is 4.68. The van der Waals surface area contributed by atoms with Crippen molar-refractivity contribution in [3.05, 3.63) is 36.5 Å². The van der Waals surface area contributed by atoms with Crippen LogP contribution >= 0.6 is 24.0 Å². The lowest BCUT2D eigenvalue weighted by atomic mass is 9.95. The van der Waals surface area contributed by atoms with Crippen LogP contribution in [0.25, 0.3) is 10.9 Å². The Bertz CT molecular complexity index is 788. The van der Waals surface area contributed by atoms with Crippen LogP contribution in [0.2, 0.25) is 0 Å². The summed E-state index contributed by atoms with van der Waals surface area (Å²) >= 11 is 0. The zero-order valence-corrected chi connectivity index (χ0v) is 19.0. The number of para-hydroxylation sites is 1. The number of carbonyl (C=O) groups excluding carboxylic acids is 1. The van der Waals surface area contributed by atoms with Crippen molar-refractivity contribution in [1.82, 2.24) is 14.8 Å². The smallest absolute Gasteiger partial charge is 0.217 e. The molecule has 1 aliphatic rings. The highest BCUT2D eigenvalue weighted by Crippen LogP contribution is 2.19. The number of nitrogens with zero attached hydrogens (tertiary/aromatic N) is 3. The first-order chi connectivity index (χ1) is 13.2. The van der Waals surface area contributed by atoms with Crippen LogP contribution in [0.4, 0.5) is 0 Å². The predicted octanol–water partition coefficient (Wildman–Crippen LogP) is 3.20. The lowest BCUT2D eigenvalue weighted by Gasteiger charge is -2.34. The van der Waals surface area contributed by atoms with Crippen LogP contribution in [0.5, 0.6) is 0 Å². The van der Waals surface area contributed by atoms with Gasteiger partial charge in [0.2, 0.25) is 5.91 Å². The zero-order chi connectivity index (χ0) is 19.1. The van der Waals surface area contributed by atoms with E-state index in [1.807, 2.05) is 0 Å². The first-order valence-electron chi connectivity index (χ1n) is 10.0. The second kappa shape index (κ2) is 11.3. The number of nitrogens with one attached hydrogen (secondary N) is 1.